The molecular formula is C16H16N2OS. The number of hydrogen-bond donors (Lipinski definition) is 0. The van der Waals surface area contributed by atoms with Gasteiger partial charge in [0.25, 0.3) is 0 Å². The highest BCUT2D eigenvalue weighted by Gasteiger charge is 2.31. The van der Waals surface area contributed by atoms with E-state index in [1.54, 1.807) is 23.3 Å². The molecule has 1 aromatic carbocycles. The van der Waals surface area contributed by atoms with Crippen LogP contribution in [0.4, 0.5) is 0 Å². The van der Waals surface area contributed by atoms with Gasteiger partial charge >= 0.3 is 0 Å². The summed E-state index contributed by atoms with van der Waals surface area (Å²) in [5.41, 5.74) is 4.47. The summed E-state index contributed by atoms with van der Waals surface area (Å²) in [6, 6.07) is 10.4. The Hall–Kier alpha value is -1.94. The van der Waals surface area contributed by atoms with E-state index in [0.717, 1.165) is 23.3 Å². The van der Waals surface area contributed by atoms with Crippen molar-refractivity contribution in [2.24, 2.45) is 5.10 Å². The largest absolute Gasteiger partial charge is 0.273 e. The van der Waals surface area contributed by atoms with Crippen LogP contribution in [-0.4, -0.2) is 16.6 Å². The van der Waals surface area contributed by atoms with E-state index >= 15 is 0 Å². The SMILES string of the molecule is CC(=O)N1N=C(c2ccsc2)CC1c1cccc(C)c1. The average Bonchev–Trinajstić information content (AvgIpc) is 3.08. The molecule has 0 spiro atoms. The molecule has 3 nitrogen and oxygen atoms in total. The number of nitrogens with zero attached hydrogens (tertiary/aromatic N) is 2. The lowest BCUT2D eigenvalue weighted by Crippen LogP contribution is -2.24. The number of benzene rings is 1. The fraction of sp³-hybridized carbons (Fsp3) is 0.250. The minimum absolute atomic E-state index is 0.0123. The molecule has 1 unspecified atom stereocenters. The Labute approximate surface area is 122 Å². The van der Waals surface area contributed by atoms with Crippen molar-refractivity contribution in [3.05, 3.63) is 57.8 Å². The van der Waals surface area contributed by atoms with E-state index in [2.05, 4.69) is 41.7 Å². The zero-order valence-corrected chi connectivity index (χ0v) is 12.4. The van der Waals surface area contributed by atoms with Crippen LogP contribution < -0.4 is 0 Å². The van der Waals surface area contributed by atoms with Gasteiger partial charge in [-0.05, 0) is 29.3 Å². The number of carbonyl (C=O) groups is 1. The first-order valence-electron chi connectivity index (χ1n) is 6.61. The number of aryl methyl sites for hydroxylation is 1. The Kier molecular flexibility index (Phi) is 3.40. The molecule has 2 aromatic rings. The molecule has 2 heterocycles. The Balaban J connectivity index is 1.95. The average molecular weight is 284 g/mol. The quantitative estimate of drug-likeness (QED) is 0.826. The minimum Gasteiger partial charge on any atom is -0.273 e. The van der Waals surface area contributed by atoms with Crippen molar-refractivity contribution in [2.45, 2.75) is 26.3 Å². The van der Waals surface area contributed by atoms with Crippen molar-refractivity contribution in [1.82, 2.24) is 5.01 Å². The third-order valence-corrected chi connectivity index (χ3v) is 4.20. The third kappa shape index (κ3) is 2.39. The fourth-order valence-corrected chi connectivity index (χ4v) is 3.21. The number of carbonyl (C=O) groups excluding carboxylic acids is 1. The molecule has 3 rings (SSSR count). The van der Waals surface area contributed by atoms with Gasteiger partial charge in [-0.25, -0.2) is 5.01 Å². The lowest BCUT2D eigenvalue weighted by molar-refractivity contribution is -0.130. The second kappa shape index (κ2) is 5.21. The summed E-state index contributed by atoms with van der Waals surface area (Å²) in [6.45, 7) is 3.64. The van der Waals surface area contributed by atoms with Crippen LogP contribution in [0.25, 0.3) is 0 Å². The van der Waals surface area contributed by atoms with Crippen LogP contribution in [0.5, 0.6) is 0 Å². The van der Waals surface area contributed by atoms with Crippen molar-refractivity contribution < 1.29 is 4.79 Å². The summed E-state index contributed by atoms with van der Waals surface area (Å²) in [4.78, 5) is 11.9. The van der Waals surface area contributed by atoms with E-state index in [9.17, 15) is 4.79 Å². The maximum Gasteiger partial charge on any atom is 0.240 e. The molecule has 1 aromatic heterocycles. The lowest BCUT2D eigenvalue weighted by Gasteiger charge is -2.20. The summed E-state index contributed by atoms with van der Waals surface area (Å²) in [6.07, 6.45) is 0.778. The van der Waals surface area contributed by atoms with E-state index in [1.165, 1.54) is 5.56 Å². The van der Waals surface area contributed by atoms with Crippen LogP contribution >= 0.6 is 11.3 Å². The lowest BCUT2D eigenvalue weighted by atomic mass is 9.98. The Morgan fingerprint density at radius 1 is 1.40 bits per heavy atom. The minimum atomic E-state index is -0.0123. The van der Waals surface area contributed by atoms with Crippen LogP contribution in [0.15, 0.2) is 46.2 Å². The van der Waals surface area contributed by atoms with Crippen LogP contribution in [0.3, 0.4) is 0 Å². The predicted molar refractivity (Wildman–Crippen MR) is 81.9 cm³/mol. The molecule has 1 aliphatic heterocycles. The third-order valence-electron chi connectivity index (χ3n) is 3.51. The molecule has 1 aliphatic rings. The highest BCUT2D eigenvalue weighted by Crippen LogP contribution is 2.33. The van der Waals surface area contributed by atoms with Crippen molar-refractivity contribution in [1.29, 1.82) is 0 Å². The van der Waals surface area contributed by atoms with E-state index in [1.807, 2.05) is 11.4 Å². The zero-order chi connectivity index (χ0) is 14.1. The summed E-state index contributed by atoms with van der Waals surface area (Å²) in [5, 5.41) is 10.3. The first kappa shape index (κ1) is 13.1. The first-order chi connectivity index (χ1) is 9.65. The van der Waals surface area contributed by atoms with Crippen molar-refractivity contribution >= 4 is 23.0 Å². The molecule has 1 amide bonds. The maximum absolute atomic E-state index is 11.9. The molecule has 0 saturated carbocycles. The molecule has 0 aliphatic carbocycles. The Morgan fingerprint density at radius 3 is 2.90 bits per heavy atom. The molecule has 0 saturated heterocycles. The highest BCUT2D eigenvalue weighted by atomic mass is 32.1. The van der Waals surface area contributed by atoms with Gasteiger partial charge in [0, 0.05) is 18.9 Å². The molecular weight excluding hydrogens is 268 g/mol. The van der Waals surface area contributed by atoms with E-state index in [0.29, 0.717) is 0 Å². The van der Waals surface area contributed by atoms with Crippen LogP contribution in [0.2, 0.25) is 0 Å². The summed E-state index contributed by atoms with van der Waals surface area (Å²) in [7, 11) is 0. The molecule has 0 fully saturated rings. The fourth-order valence-electron chi connectivity index (χ4n) is 2.54. The number of hydrogen-bond acceptors (Lipinski definition) is 3. The molecule has 1 atom stereocenters. The topological polar surface area (TPSA) is 32.7 Å². The smallest absolute Gasteiger partial charge is 0.240 e. The summed E-state index contributed by atoms with van der Waals surface area (Å²) >= 11 is 1.65. The van der Waals surface area contributed by atoms with E-state index < -0.39 is 0 Å². The predicted octanol–water partition coefficient (Wildman–Crippen LogP) is 3.75. The summed E-state index contributed by atoms with van der Waals surface area (Å²) in [5.74, 6) is -0.0123. The second-order valence-electron chi connectivity index (χ2n) is 5.06. The van der Waals surface area contributed by atoms with Crippen LogP contribution in [0.1, 0.15) is 36.1 Å². The van der Waals surface area contributed by atoms with Gasteiger partial charge in [-0.2, -0.15) is 16.4 Å². The highest BCUT2D eigenvalue weighted by molar-refractivity contribution is 7.08. The van der Waals surface area contributed by atoms with Gasteiger partial charge in [0.05, 0.1) is 11.8 Å². The van der Waals surface area contributed by atoms with Crippen LogP contribution in [-0.2, 0) is 4.79 Å². The monoisotopic (exact) mass is 284 g/mol. The van der Waals surface area contributed by atoms with Gasteiger partial charge in [0.1, 0.15) is 0 Å². The Morgan fingerprint density at radius 2 is 2.25 bits per heavy atom. The standard InChI is InChI=1S/C16H16N2OS/c1-11-4-3-5-13(8-11)16-9-15(14-6-7-20-10-14)17-18(16)12(2)19/h3-8,10,16H,9H2,1-2H3. The van der Waals surface area contributed by atoms with Crippen LogP contribution in [0, 0.1) is 6.92 Å². The van der Waals surface area contributed by atoms with Crippen molar-refractivity contribution in [3.63, 3.8) is 0 Å². The van der Waals surface area contributed by atoms with Crippen molar-refractivity contribution in [3.8, 4) is 0 Å². The maximum atomic E-state index is 11.9. The van der Waals surface area contributed by atoms with Gasteiger partial charge in [-0.3, -0.25) is 4.79 Å². The van der Waals surface area contributed by atoms with Gasteiger partial charge in [-0.1, -0.05) is 29.8 Å². The molecule has 20 heavy (non-hydrogen) atoms. The number of rotatable bonds is 2. The zero-order valence-electron chi connectivity index (χ0n) is 11.5. The number of amides is 1. The van der Waals surface area contributed by atoms with E-state index in [4.69, 9.17) is 0 Å². The van der Waals surface area contributed by atoms with Gasteiger partial charge in [-0.15, -0.1) is 0 Å². The molecule has 0 N–H and O–H groups in total. The Bertz CT molecular complexity index is 661. The van der Waals surface area contributed by atoms with E-state index in [-0.39, 0.29) is 11.9 Å². The van der Waals surface area contributed by atoms with Gasteiger partial charge in [0.2, 0.25) is 5.91 Å². The molecule has 102 valence electrons. The number of hydrazone groups is 1. The van der Waals surface area contributed by atoms with Gasteiger partial charge < -0.3 is 0 Å². The normalized spacial score (nSPS) is 18.2. The summed E-state index contributed by atoms with van der Waals surface area (Å²) < 4.78 is 0. The number of thiophene rings is 1. The second-order valence-corrected chi connectivity index (χ2v) is 5.84. The first-order valence-corrected chi connectivity index (χ1v) is 7.56. The van der Waals surface area contributed by atoms with Crippen molar-refractivity contribution in [2.75, 3.05) is 0 Å². The van der Waals surface area contributed by atoms with Gasteiger partial charge in [0.15, 0.2) is 0 Å². The molecule has 0 bridgehead atoms. The molecule has 4 heteroatoms. The molecule has 0 radical (unpaired) electrons.